The molecule has 0 bridgehead atoms. The van der Waals surface area contributed by atoms with E-state index in [1.54, 1.807) is 6.20 Å². The number of aryl methyl sites for hydroxylation is 1. The van der Waals surface area contributed by atoms with Crippen LogP contribution in [0.3, 0.4) is 0 Å². The average molecular weight is 448 g/mol. The number of para-hydroxylation sites is 1. The first-order chi connectivity index (χ1) is 16.5. The van der Waals surface area contributed by atoms with E-state index in [1.165, 1.54) is 0 Å². The van der Waals surface area contributed by atoms with E-state index >= 15 is 0 Å². The molecule has 5 heteroatoms. The van der Waals surface area contributed by atoms with Crippen LogP contribution < -0.4 is 10.7 Å². The van der Waals surface area contributed by atoms with Gasteiger partial charge in [0.25, 0.3) is 0 Å². The molecule has 3 aromatic carbocycles. The van der Waals surface area contributed by atoms with Crippen molar-refractivity contribution in [1.82, 2.24) is 10.2 Å². The first-order valence-electron chi connectivity index (χ1n) is 11.3. The molecule has 1 N–H and O–H groups in total. The van der Waals surface area contributed by atoms with Crippen molar-refractivity contribution in [2.24, 2.45) is 0 Å². The zero-order valence-electron chi connectivity index (χ0n) is 19.4. The quantitative estimate of drug-likeness (QED) is 0.324. The number of rotatable bonds is 5. The normalized spacial score (nSPS) is 12.0. The van der Waals surface area contributed by atoms with E-state index in [2.05, 4.69) is 28.5 Å². The highest BCUT2D eigenvalue weighted by molar-refractivity contribution is 5.85. The summed E-state index contributed by atoms with van der Waals surface area (Å²) in [5, 5.41) is 12.5. The maximum absolute atomic E-state index is 13.4. The molecule has 5 nitrogen and oxygen atoms in total. The second kappa shape index (κ2) is 8.94. The Morgan fingerprint density at radius 3 is 2.44 bits per heavy atom. The summed E-state index contributed by atoms with van der Waals surface area (Å²) < 4.78 is 6.46. The van der Waals surface area contributed by atoms with Gasteiger partial charge in [-0.15, -0.1) is 0 Å². The minimum atomic E-state index is -0.130. The fourth-order valence-electron chi connectivity index (χ4n) is 4.34. The maximum Gasteiger partial charge on any atom is 0.196 e. The SMILES string of the molecule is Cc1cc(C(C)Nc2ccccc2-c2cccnn2)c2oc(-c3ccccc3)c(C)c(=O)c2c1. The molecule has 0 spiro atoms. The molecule has 0 amide bonds. The first-order valence-corrected chi connectivity index (χ1v) is 11.3. The van der Waals surface area contributed by atoms with Crippen molar-refractivity contribution in [2.45, 2.75) is 26.8 Å². The molecule has 168 valence electrons. The Labute approximate surface area is 198 Å². The monoisotopic (exact) mass is 447 g/mol. The summed E-state index contributed by atoms with van der Waals surface area (Å²) in [6.45, 7) is 5.90. The minimum absolute atomic E-state index is 0.00258. The molecule has 0 aliphatic rings. The average Bonchev–Trinajstić information content (AvgIpc) is 2.87. The Morgan fingerprint density at radius 2 is 1.68 bits per heavy atom. The van der Waals surface area contributed by atoms with E-state index < -0.39 is 0 Å². The number of nitrogens with one attached hydrogen (secondary N) is 1. The van der Waals surface area contributed by atoms with Crippen molar-refractivity contribution in [3.05, 3.63) is 112 Å². The molecule has 0 radical (unpaired) electrons. The highest BCUT2D eigenvalue weighted by Gasteiger charge is 2.19. The fourth-order valence-corrected chi connectivity index (χ4v) is 4.34. The molecular weight excluding hydrogens is 422 g/mol. The Bertz CT molecular complexity index is 1530. The van der Waals surface area contributed by atoms with E-state index in [9.17, 15) is 4.79 Å². The Balaban J connectivity index is 1.64. The third-order valence-electron chi connectivity index (χ3n) is 6.04. The summed E-state index contributed by atoms with van der Waals surface area (Å²) in [6, 6.07) is 25.5. The van der Waals surface area contributed by atoms with Crippen molar-refractivity contribution < 1.29 is 4.42 Å². The molecular formula is C29H25N3O2. The predicted octanol–water partition coefficient (Wildman–Crippen LogP) is 6.71. The molecule has 0 fully saturated rings. The molecule has 0 saturated heterocycles. The van der Waals surface area contributed by atoms with Crippen LogP contribution in [0.25, 0.3) is 33.6 Å². The van der Waals surface area contributed by atoms with Crippen LogP contribution in [-0.2, 0) is 0 Å². The van der Waals surface area contributed by atoms with Gasteiger partial charge in [0.1, 0.15) is 11.3 Å². The number of fused-ring (bicyclic) bond motifs is 1. The van der Waals surface area contributed by atoms with Crippen LogP contribution in [-0.4, -0.2) is 10.2 Å². The number of anilines is 1. The van der Waals surface area contributed by atoms with Gasteiger partial charge >= 0.3 is 0 Å². The van der Waals surface area contributed by atoms with Crippen LogP contribution in [0.2, 0.25) is 0 Å². The molecule has 1 unspecified atom stereocenters. The molecule has 1 atom stereocenters. The number of nitrogens with zero attached hydrogens (tertiary/aromatic N) is 2. The van der Waals surface area contributed by atoms with Gasteiger partial charge in [-0.1, -0.05) is 54.6 Å². The second-order valence-electron chi connectivity index (χ2n) is 8.50. The van der Waals surface area contributed by atoms with Crippen LogP contribution in [0.5, 0.6) is 0 Å². The van der Waals surface area contributed by atoms with Crippen LogP contribution in [0.4, 0.5) is 5.69 Å². The lowest BCUT2D eigenvalue weighted by Crippen LogP contribution is -2.13. The van der Waals surface area contributed by atoms with Gasteiger partial charge in [-0.25, -0.2) is 0 Å². The van der Waals surface area contributed by atoms with E-state index in [-0.39, 0.29) is 11.5 Å². The number of benzene rings is 3. The highest BCUT2D eigenvalue weighted by atomic mass is 16.3. The molecule has 2 heterocycles. The van der Waals surface area contributed by atoms with Gasteiger partial charge in [-0.05, 0) is 50.6 Å². The van der Waals surface area contributed by atoms with Crippen molar-refractivity contribution in [1.29, 1.82) is 0 Å². The van der Waals surface area contributed by atoms with Crippen molar-refractivity contribution in [3.8, 4) is 22.6 Å². The van der Waals surface area contributed by atoms with Gasteiger partial charge in [0.15, 0.2) is 5.43 Å². The molecule has 5 aromatic rings. The zero-order chi connectivity index (χ0) is 23.7. The fraction of sp³-hybridized carbons (Fsp3) is 0.138. The number of aromatic nitrogens is 2. The van der Waals surface area contributed by atoms with Gasteiger partial charge in [0.2, 0.25) is 0 Å². The molecule has 5 rings (SSSR count). The van der Waals surface area contributed by atoms with Gasteiger partial charge < -0.3 is 9.73 Å². The van der Waals surface area contributed by atoms with Crippen LogP contribution in [0.1, 0.15) is 29.7 Å². The van der Waals surface area contributed by atoms with Gasteiger partial charge in [-0.3, -0.25) is 4.79 Å². The molecule has 34 heavy (non-hydrogen) atoms. The van der Waals surface area contributed by atoms with Crippen LogP contribution >= 0.6 is 0 Å². The van der Waals surface area contributed by atoms with Crippen molar-refractivity contribution in [2.75, 3.05) is 5.32 Å². The van der Waals surface area contributed by atoms with Gasteiger partial charge in [0.05, 0.1) is 17.1 Å². The predicted molar refractivity (Wildman–Crippen MR) is 137 cm³/mol. The third kappa shape index (κ3) is 3.97. The molecule has 2 aromatic heterocycles. The summed E-state index contributed by atoms with van der Waals surface area (Å²) in [6.07, 6.45) is 1.66. The Hall–Kier alpha value is -4.25. The molecule has 0 aliphatic heterocycles. The molecule has 0 saturated carbocycles. The Kier molecular flexibility index (Phi) is 5.68. The smallest absolute Gasteiger partial charge is 0.196 e. The number of hydrogen-bond donors (Lipinski definition) is 1. The number of hydrogen-bond acceptors (Lipinski definition) is 5. The Morgan fingerprint density at radius 1 is 0.912 bits per heavy atom. The lowest BCUT2D eigenvalue weighted by molar-refractivity contribution is 0.605. The van der Waals surface area contributed by atoms with Crippen LogP contribution in [0, 0.1) is 13.8 Å². The van der Waals surface area contributed by atoms with E-state index in [0.717, 1.165) is 33.6 Å². The second-order valence-corrected chi connectivity index (χ2v) is 8.50. The van der Waals surface area contributed by atoms with E-state index in [0.29, 0.717) is 22.3 Å². The van der Waals surface area contributed by atoms with Gasteiger partial charge in [0, 0.05) is 34.1 Å². The highest BCUT2D eigenvalue weighted by Crippen LogP contribution is 2.34. The first kappa shape index (κ1) is 21.6. The van der Waals surface area contributed by atoms with Crippen molar-refractivity contribution >= 4 is 16.7 Å². The summed E-state index contributed by atoms with van der Waals surface area (Å²) >= 11 is 0. The summed E-state index contributed by atoms with van der Waals surface area (Å²) in [5.41, 5.74) is 6.73. The largest absolute Gasteiger partial charge is 0.455 e. The molecule has 0 aliphatic carbocycles. The minimum Gasteiger partial charge on any atom is -0.455 e. The van der Waals surface area contributed by atoms with E-state index in [4.69, 9.17) is 4.42 Å². The topological polar surface area (TPSA) is 68.0 Å². The van der Waals surface area contributed by atoms with Crippen molar-refractivity contribution in [3.63, 3.8) is 0 Å². The van der Waals surface area contributed by atoms with E-state index in [1.807, 2.05) is 86.6 Å². The summed E-state index contributed by atoms with van der Waals surface area (Å²) in [7, 11) is 0. The third-order valence-corrected chi connectivity index (χ3v) is 6.04. The standard InChI is InChI=1S/C29H25N3O2/c1-18-16-23(20(3)31-25-13-8-7-12-22(25)26-14-9-15-30-32-26)29-24(17-18)27(33)19(2)28(34-29)21-10-5-4-6-11-21/h4-17,20,31H,1-3H3. The lowest BCUT2D eigenvalue weighted by Gasteiger charge is -2.20. The van der Waals surface area contributed by atoms with Gasteiger partial charge in [-0.2, -0.15) is 10.2 Å². The zero-order valence-corrected chi connectivity index (χ0v) is 19.4. The summed E-state index contributed by atoms with van der Waals surface area (Å²) in [4.78, 5) is 13.4. The summed E-state index contributed by atoms with van der Waals surface area (Å²) in [5.74, 6) is 0.607. The maximum atomic E-state index is 13.4. The van der Waals surface area contributed by atoms with Crippen LogP contribution in [0.15, 0.2) is 94.3 Å². The lowest BCUT2D eigenvalue weighted by atomic mass is 9.98.